The first-order chi connectivity index (χ1) is 3.18. The number of rotatable bonds is 1. The largest absolute Gasteiger partial charge is 0.349 e. The molecular weight excluding hydrogens is 164 g/mol. The molecule has 0 aliphatic heterocycles. The van der Waals surface area contributed by atoms with Crippen molar-refractivity contribution in [3.63, 3.8) is 0 Å². The Morgan fingerprint density at radius 3 is 2.43 bits per heavy atom. The number of alkyl halides is 1. The van der Waals surface area contributed by atoms with E-state index in [4.69, 9.17) is 5.26 Å². The zero-order valence-electron chi connectivity index (χ0n) is 3.17. The van der Waals surface area contributed by atoms with Crippen LogP contribution in [0.2, 0.25) is 0 Å². The van der Waals surface area contributed by atoms with Gasteiger partial charge in [0.2, 0.25) is 0 Å². The molecule has 1 unspecified atom stereocenters. The molecule has 4 nitrogen and oxygen atoms in total. The van der Waals surface area contributed by atoms with Gasteiger partial charge >= 0.3 is 4.95 Å². The minimum Gasteiger partial charge on any atom is -0.262 e. The van der Waals surface area contributed by atoms with E-state index in [9.17, 15) is 10.1 Å². The van der Waals surface area contributed by atoms with Crippen LogP contribution < -0.4 is 0 Å². The summed E-state index contributed by atoms with van der Waals surface area (Å²) in [6.45, 7) is 0. The van der Waals surface area contributed by atoms with Crippen LogP contribution >= 0.6 is 15.9 Å². The number of hydrogen-bond donors (Lipinski definition) is 0. The summed E-state index contributed by atoms with van der Waals surface area (Å²) in [4.78, 5) is 7.49. The maximum absolute atomic E-state index is 9.47. The Labute approximate surface area is 48.0 Å². The first kappa shape index (κ1) is 6.37. The monoisotopic (exact) mass is 164 g/mol. The van der Waals surface area contributed by atoms with E-state index in [1.165, 1.54) is 6.07 Å². The molecule has 0 aromatic carbocycles. The SMILES string of the molecule is N#CC(Br)[N+](=O)[O-]. The molecule has 0 aliphatic carbocycles. The van der Waals surface area contributed by atoms with Crippen LogP contribution in [0.25, 0.3) is 0 Å². The highest BCUT2D eigenvalue weighted by Crippen LogP contribution is 1.94. The van der Waals surface area contributed by atoms with Gasteiger partial charge in [-0.2, -0.15) is 5.26 Å². The second-order valence-electron chi connectivity index (χ2n) is 0.750. The molecule has 0 aromatic rings. The molecule has 0 amide bonds. The van der Waals surface area contributed by atoms with Gasteiger partial charge in [0.25, 0.3) is 0 Å². The molecule has 0 fully saturated rings. The Hall–Kier alpha value is -0.630. The van der Waals surface area contributed by atoms with E-state index in [2.05, 4.69) is 15.9 Å². The average Bonchev–Trinajstić information content (AvgIpc) is 1.65. The lowest BCUT2D eigenvalue weighted by Crippen LogP contribution is -2.06. The van der Waals surface area contributed by atoms with Gasteiger partial charge in [-0.25, -0.2) is 0 Å². The van der Waals surface area contributed by atoms with Crippen molar-refractivity contribution in [2.45, 2.75) is 4.95 Å². The molecule has 0 aromatic heterocycles. The number of hydrogen-bond acceptors (Lipinski definition) is 3. The molecule has 5 heteroatoms. The summed E-state index contributed by atoms with van der Waals surface area (Å²) in [6, 6.07) is 1.38. The lowest BCUT2D eigenvalue weighted by atomic mass is 10.8. The second-order valence-corrected chi connectivity index (χ2v) is 1.62. The summed E-state index contributed by atoms with van der Waals surface area (Å²) in [5.74, 6) is 0. The molecule has 0 radical (unpaired) electrons. The van der Waals surface area contributed by atoms with Gasteiger partial charge in [0.15, 0.2) is 6.07 Å². The van der Waals surface area contributed by atoms with Crippen LogP contribution in [0.4, 0.5) is 0 Å². The quantitative estimate of drug-likeness (QED) is 0.246. The maximum atomic E-state index is 9.47. The molecule has 0 N–H and O–H groups in total. The Morgan fingerprint density at radius 2 is 2.43 bits per heavy atom. The van der Waals surface area contributed by atoms with Gasteiger partial charge < -0.3 is 0 Å². The number of nitriles is 1. The Morgan fingerprint density at radius 1 is 2.00 bits per heavy atom. The summed E-state index contributed by atoms with van der Waals surface area (Å²) in [7, 11) is 0. The average molecular weight is 165 g/mol. The Balaban J connectivity index is 3.63. The molecule has 0 aliphatic rings. The molecule has 0 spiro atoms. The van der Waals surface area contributed by atoms with Gasteiger partial charge in [0.05, 0.1) is 4.92 Å². The highest BCUT2D eigenvalue weighted by molar-refractivity contribution is 9.09. The van der Waals surface area contributed by atoms with Crippen LogP contribution in [0.1, 0.15) is 0 Å². The topological polar surface area (TPSA) is 66.9 Å². The van der Waals surface area contributed by atoms with Crippen molar-refractivity contribution in [2.24, 2.45) is 0 Å². The van der Waals surface area contributed by atoms with E-state index in [-0.39, 0.29) is 0 Å². The predicted molar refractivity (Wildman–Crippen MR) is 25.3 cm³/mol. The van der Waals surface area contributed by atoms with Crippen molar-refractivity contribution in [3.8, 4) is 6.07 Å². The van der Waals surface area contributed by atoms with E-state index in [1.54, 1.807) is 0 Å². The minimum atomic E-state index is -1.26. The first-order valence-electron chi connectivity index (χ1n) is 1.35. The predicted octanol–water partition coefficient (Wildman–Crippen LogP) is 0.508. The Kier molecular flexibility index (Phi) is 2.30. The summed E-state index contributed by atoms with van der Waals surface area (Å²) in [5, 5.41) is 17.2. The van der Waals surface area contributed by atoms with E-state index < -0.39 is 9.87 Å². The summed E-state index contributed by atoms with van der Waals surface area (Å²) in [5.41, 5.74) is 0. The third-order valence-corrected chi connectivity index (χ3v) is 0.831. The number of nitrogens with zero attached hydrogens (tertiary/aromatic N) is 2. The molecule has 7 heavy (non-hydrogen) atoms. The van der Waals surface area contributed by atoms with Crippen LogP contribution in [0.3, 0.4) is 0 Å². The zero-order chi connectivity index (χ0) is 5.86. The second kappa shape index (κ2) is 2.53. The van der Waals surface area contributed by atoms with Crippen LogP contribution in [0, 0.1) is 21.4 Å². The molecule has 0 bridgehead atoms. The lowest BCUT2D eigenvalue weighted by Gasteiger charge is -1.83. The van der Waals surface area contributed by atoms with Crippen LogP contribution in [0.5, 0.6) is 0 Å². The van der Waals surface area contributed by atoms with Gasteiger partial charge in [-0.3, -0.25) is 10.1 Å². The van der Waals surface area contributed by atoms with Crippen LogP contribution in [-0.2, 0) is 0 Å². The van der Waals surface area contributed by atoms with Crippen molar-refractivity contribution < 1.29 is 4.92 Å². The molecule has 38 valence electrons. The summed E-state index contributed by atoms with van der Waals surface area (Å²) in [6.07, 6.45) is 0. The van der Waals surface area contributed by atoms with E-state index >= 15 is 0 Å². The van der Waals surface area contributed by atoms with Crippen molar-refractivity contribution in [1.82, 2.24) is 0 Å². The fourth-order valence-corrected chi connectivity index (χ4v) is 0.0471. The molecular formula is C2HBrN2O2. The van der Waals surface area contributed by atoms with E-state index in [0.717, 1.165) is 0 Å². The van der Waals surface area contributed by atoms with Crippen LogP contribution in [-0.4, -0.2) is 9.87 Å². The van der Waals surface area contributed by atoms with Gasteiger partial charge in [-0.15, -0.1) is 0 Å². The smallest absolute Gasteiger partial charge is 0.262 e. The van der Waals surface area contributed by atoms with Gasteiger partial charge in [-0.05, 0) is 0 Å². The van der Waals surface area contributed by atoms with Gasteiger partial charge in [0, 0.05) is 15.9 Å². The molecule has 0 saturated carbocycles. The van der Waals surface area contributed by atoms with Gasteiger partial charge in [0.1, 0.15) is 0 Å². The Bertz CT molecular complexity index is 117. The van der Waals surface area contributed by atoms with Crippen LogP contribution in [0.15, 0.2) is 0 Å². The molecule has 1 atom stereocenters. The summed E-state index contributed by atoms with van der Waals surface area (Å²) >= 11 is 2.48. The minimum absolute atomic E-state index is 0.722. The maximum Gasteiger partial charge on any atom is 0.349 e. The highest BCUT2D eigenvalue weighted by Gasteiger charge is 2.10. The standard InChI is InChI=1S/C2HBrN2O2/c3-2(1-4)5(6)7/h2H. The van der Waals surface area contributed by atoms with Crippen molar-refractivity contribution in [1.29, 1.82) is 5.26 Å². The fourth-order valence-electron chi connectivity index (χ4n) is 0.0471. The first-order valence-corrected chi connectivity index (χ1v) is 2.27. The normalized spacial score (nSPS) is 12.0. The highest BCUT2D eigenvalue weighted by atomic mass is 79.9. The summed E-state index contributed by atoms with van der Waals surface area (Å²) < 4.78 is 0. The van der Waals surface area contributed by atoms with Crippen molar-refractivity contribution in [3.05, 3.63) is 10.1 Å². The van der Waals surface area contributed by atoms with Crippen molar-refractivity contribution >= 4 is 15.9 Å². The number of halogens is 1. The molecule has 0 saturated heterocycles. The number of nitro groups is 1. The molecule has 0 heterocycles. The third-order valence-electron chi connectivity index (χ3n) is 0.292. The molecule has 0 rings (SSSR count). The van der Waals surface area contributed by atoms with Crippen molar-refractivity contribution in [2.75, 3.05) is 0 Å². The van der Waals surface area contributed by atoms with Gasteiger partial charge in [-0.1, -0.05) is 0 Å². The van der Waals surface area contributed by atoms with E-state index in [1.807, 2.05) is 0 Å². The lowest BCUT2D eigenvalue weighted by molar-refractivity contribution is -0.478. The zero-order valence-corrected chi connectivity index (χ0v) is 4.75. The fraction of sp³-hybridized carbons (Fsp3) is 0.500. The third kappa shape index (κ3) is 2.11. The van der Waals surface area contributed by atoms with E-state index in [0.29, 0.717) is 0 Å².